The van der Waals surface area contributed by atoms with Crippen molar-refractivity contribution in [1.29, 1.82) is 0 Å². The average molecular weight is 194 g/mol. The molecule has 6 heteroatoms. The van der Waals surface area contributed by atoms with Crippen molar-refractivity contribution in [3.8, 4) is 5.75 Å². The van der Waals surface area contributed by atoms with Gasteiger partial charge >= 0.3 is 0 Å². The number of nitrogens with zero attached hydrogens (tertiary/aromatic N) is 1. The topological polar surface area (TPSA) is 81.5 Å². The minimum atomic E-state index is -0.744. The van der Waals surface area contributed by atoms with Crippen molar-refractivity contribution in [2.75, 3.05) is 5.32 Å². The van der Waals surface area contributed by atoms with Gasteiger partial charge in [-0.1, -0.05) is 0 Å². The molecule has 14 heavy (non-hydrogen) atoms. The second kappa shape index (κ2) is 2.99. The number of benzene rings is 1. The first-order chi connectivity index (χ1) is 6.70. The molecule has 0 aromatic heterocycles. The maximum Gasteiger partial charge on any atom is 0.273 e. The van der Waals surface area contributed by atoms with Gasteiger partial charge in [0.25, 0.3) is 5.69 Å². The Morgan fingerprint density at radius 1 is 1.57 bits per heavy atom. The van der Waals surface area contributed by atoms with Gasteiger partial charge in [-0.15, -0.1) is 0 Å². The average Bonchev–Trinajstić information content (AvgIpc) is 2.58. The third-order valence-corrected chi connectivity index (χ3v) is 1.85. The number of non-ortho nitro benzene ring substituents is 1. The van der Waals surface area contributed by atoms with Crippen LogP contribution >= 0.6 is 0 Å². The quantitative estimate of drug-likeness (QED) is 0.430. The molecule has 0 radical (unpaired) electrons. The highest BCUT2D eigenvalue weighted by Crippen LogP contribution is 2.34. The molecule has 6 nitrogen and oxygen atoms in total. The molecule has 2 rings (SSSR count). The van der Waals surface area contributed by atoms with Crippen LogP contribution in [0.3, 0.4) is 0 Å². The SMILES string of the molecule is O=CC1Nc2ccc([N+](=O)[O-])cc2O1. The summed E-state index contributed by atoms with van der Waals surface area (Å²) < 4.78 is 5.06. The van der Waals surface area contributed by atoms with Gasteiger partial charge in [-0.25, -0.2) is 0 Å². The molecule has 1 aromatic carbocycles. The molecule has 1 heterocycles. The van der Waals surface area contributed by atoms with E-state index in [1.54, 1.807) is 0 Å². The van der Waals surface area contributed by atoms with Gasteiger partial charge in [0.15, 0.2) is 12.0 Å². The van der Waals surface area contributed by atoms with Crippen LogP contribution in [-0.2, 0) is 4.79 Å². The van der Waals surface area contributed by atoms with Gasteiger partial charge in [0.2, 0.25) is 6.23 Å². The molecule has 0 fully saturated rings. The summed E-state index contributed by atoms with van der Waals surface area (Å²) in [6, 6.07) is 4.14. The third kappa shape index (κ3) is 1.26. The Balaban J connectivity index is 2.35. The summed E-state index contributed by atoms with van der Waals surface area (Å²) >= 11 is 0. The van der Waals surface area contributed by atoms with E-state index in [-0.39, 0.29) is 5.69 Å². The van der Waals surface area contributed by atoms with E-state index in [2.05, 4.69) is 5.32 Å². The van der Waals surface area contributed by atoms with Crippen molar-refractivity contribution < 1.29 is 14.5 Å². The molecule has 0 spiro atoms. The van der Waals surface area contributed by atoms with Crippen molar-refractivity contribution in [1.82, 2.24) is 0 Å². The summed E-state index contributed by atoms with van der Waals surface area (Å²) in [4.78, 5) is 20.3. The molecule has 0 aliphatic carbocycles. The fourth-order valence-corrected chi connectivity index (χ4v) is 1.22. The zero-order valence-electron chi connectivity index (χ0n) is 6.97. The molecule has 0 saturated heterocycles. The number of fused-ring (bicyclic) bond motifs is 1. The Morgan fingerprint density at radius 3 is 3.00 bits per heavy atom. The van der Waals surface area contributed by atoms with Crippen LogP contribution < -0.4 is 10.1 Å². The molecule has 1 N–H and O–H groups in total. The number of anilines is 1. The van der Waals surface area contributed by atoms with Gasteiger partial charge in [0.1, 0.15) is 0 Å². The Hall–Kier alpha value is -2.11. The number of hydrogen-bond donors (Lipinski definition) is 1. The van der Waals surface area contributed by atoms with Crippen molar-refractivity contribution >= 4 is 17.7 Å². The monoisotopic (exact) mass is 194 g/mol. The van der Waals surface area contributed by atoms with E-state index in [1.807, 2.05) is 0 Å². The summed E-state index contributed by atoms with van der Waals surface area (Å²) in [5.74, 6) is 0.330. The number of hydrogen-bond acceptors (Lipinski definition) is 5. The van der Waals surface area contributed by atoms with Gasteiger partial charge in [-0.2, -0.15) is 0 Å². The minimum Gasteiger partial charge on any atom is -0.461 e. The lowest BCUT2D eigenvalue weighted by Crippen LogP contribution is -2.20. The van der Waals surface area contributed by atoms with Crippen LogP contribution in [0.4, 0.5) is 11.4 Å². The van der Waals surface area contributed by atoms with Crippen LogP contribution in [0, 0.1) is 10.1 Å². The number of ether oxygens (including phenoxy) is 1. The summed E-state index contributed by atoms with van der Waals surface area (Å²) in [5, 5.41) is 13.1. The summed E-state index contributed by atoms with van der Waals surface area (Å²) in [6.07, 6.45) is -0.154. The van der Waals surface area contributed by atoms with Gasteiger partial charge in [-0.05, 0) is 6.07 Å². The molecule has 72 valence electrons. The number of aldehydes is 1. The first-order valence-electron chi connectivity index (χ1n) is 3.87. The van der Waals surface area contributed by atoms with Crippen molar-refractivity contribution in [2.24, 2.45) is 0 Å². The van der Waals surface area contributed by atoms with Crippen LogP contribution in [0.25, 0.3) is 0 Å². The Labute approximate surface area is 78.6 Å². The molecule has 1 aromatic rings. The first kappa shape index (κ1) is 8.49. The number of nitro benzene ring substituents is 1. The predicted octanol–water partition coefficient (Wildman–Crippen LogP) is 0.924. The molecule has 0 bridgehead atoms. The maximum atomic E-state index is 10.4. The maximum absolute atomic E-state index is 10.4. The van der Waals surface area contributed by atoms with E-state index < -0.39 is 11.2 Å². The zero-order chi connectivity index (χ0) is 10.1. The first-order valence-corrected chi connectivity index (χ1v) is 3.87. The lowest BCUT2D eigenvalue weighted by atomic mass is 10.2. The van der Waals surface area contributed by atoms with E-state index in [0.29, 0.717) is 17.7 Å². The third-order valence-electron chi connectivity index (χ3n) is 1.85. The standard InChI is InChI=1S/C8H6N2O4/c11-4-8-9-6-2-1-5(10(12)13)3-7(6)14-8/h1-4,8-9H. The molecule has 1 atom stereocenters. The summed E-state index contributed by atoms with van der Waals surface area (Å²) in [7, 11) is 0. The van der Waals surface area contributed by atoms with E-state index in [1.165, 1.54) is 18.2 Å². The summed E-state index contributed by atoms with van der Waals surface area (Å²) in [6.45, 7) is 0. The van der Waals surface area contributed by atoms with Crippen molar-refractivity contribution in [2.45, 2.75) is 6.23 Å². The van der Waals surface area contributed by atoms with Crippen LogP contribution in [0.1, 0.15) is 0 Å². The van der Waals surface area contributed by atoms with Crippen LogP contribution in [0.5, 0.6) is 5.75 Å². The van der Waals surface area contributed by atoms with Crippen molar-refractivity contribution in [3.05, 3.63) is 28.3 Å². The molecule has 1 aliphatic heterocycles. The molecule has 1 aliphatic rings. The van der Waals surface area contributed by atoms with Gasteiger partial charge in [0.05, 0.1) is 16.7 Å². The fraction of sp³-hybridized carbons (Fsp3) is 0.125. The Bertz CT molecular complexity index is 404. The lowest BCUT2D eigenvalue weighted by Gasteiger charge is -1.99. The number of carbonyl (C=O) groups excluding carboxylic acids is 1. The predicted molar refractivity (Wildman–Crippen MR) is 47.2 cm³/mol. The Morgan fingerprint density at radius 2 is 2.36 bits per heavy atom. The second-order valence-electron chi connectivity index (χ2n) is 2.76. The normalized spacial score (nSPS) is 17.9. The molecular weight excluding hydrogens is 188 g/mol. The largest absolute Gasteiger partial charge is 0.461 e. The van der Waals surface area contributed by atoms with Gasteiger partial charge in [0, 0.05) is 6.07 Å². The van der Waals surface area contributed by atoms with Crippen molar-refractivity contribution in [3.63, 3.8) is 0 Å². The molecule has 0 amide bonds. The number of rotatable bonds is 2. The zero-order valence-corrected chi connectivity index (χ0v) is 6.97. The lowest BCUT2D eigenvalue weighted by molar-refractivity contribution is -0.384. The smallest absolute Gasteiger partial charge is 0.273 e. The highest BCUT2D eigenvalue weighted by molar-refractivity contribution is 5.72. The highest BCUT2D eigenvalue weighted by Gasteiger charge is 2.23. The Kier molecular flexibility index (Phi) is 1.81. The molecule has 0 saturated carbocycles. The second-order valence-corrected chi connectivity index (χ2v) is 2.76. The van der Waals surface area contributed by atoms with Crippen LogP contribution in [0.15, 0.2) is 18.2 Å². The van der Waals surface area contributed by atoms with E-state index in [9.17, 15) is 14.9 Å². The number of carbonyl (C=O) groups is 1. The molecule has 1 unspecified atom stereocenters. The van der Waals surface area contributed by atoms with E-state index in [4.69, 9.17) is 4.74 Å². The van der Waals surface area contributed by atoms with E-state index >= 15 is 0 Å². The van der Waals surface area contributed by atoms with Crippen LogP contribution in [0.2, 0.25) is 0 Å². The van der Waals surface area contributed by atoms with Gasteiger partial charge in [-0.3, -0.25) is 14.9 Å². The fourth-order valence-electron chi connectivity index (χ4n) is 1.22. The molecular formula is C8H6N2O4. The highest BCUT2D eigenvalue weighted by atomic mass is 16.6. The van der Waals surface area contributed by atoms with E-state index in [0.717, 1.165) is 0 Å². The van der Waals surface area contributed by atoms with Crippen LogP contribution in [-0.4, -0.2) is 17.4 Å². The number of nitro groups is 1. The van der Waals surface area contributed by atoms with Gasteiger partial charge < -0.3 is 10.1 Å². The summed E-state index contributed by atoms with van der Waals surface area (Å²) in [5.41, 5.74) is 0.532. The number of nitrogens with one attached hydrogen (secondary N) is 1. The minimum absolute atomic E-state index is 0.0582.